The number of aromatic nitrogens is 1. The van der Waals surface area contributed by atoms with Crippen molar-refractivity contribution in [1.82, 2.24) is 9.46 Å². The van der Waals surface area contributed by atoms with Crippen LogP contribution in [0.1, 0.15) is 46.5 Å². The Hall–Kier alpha value is -3.23. The number of hydrogen-bond donors (Lipinski definition) is 1. The Kier molecular flexibility index (Phi) is 7.23. The van der Waals surface area contributed by atoms with Gasteiger partial charge in [-0.25, -0.2) is 8.42 Å². The van der Waals surface area contributed by atoms with Gasteiger partial charge in [0.2, 0.25) is 15.9 Å². The number of carbonyl (C=O) groups is 1. The fourth-order valence-electron chi connectivity index (χ4n) is 4.24. The molecule has 1 aromatic heterocycles. The molecule has 0 aliphatic carbocycles. The first-order chi connectivity index (χ1) is 16.6. The summed E-state index contributed by atoms with van der Waals surface area (Å²) in [5.41, 5.74) is 5.27. The second-order valence-corrected chi connectivity index (χ2v) is 11.1. The summed E-state index contributed by atoms with van der Waals surface area (Å²) in [5, 5.41) is 6.93. The fourth-order valence-corrected chi connectivity index (χ4v) is 5.96. The average Bonchev–Trinajstić information content (AvgIpc) is 3.22. The van der Waals surface area contributed by atoms with E-state index in [9.17, 15) is 13.2 Å². The van der Waals surface area contributed by atoms with Crippen LogP contribution in [0.25, 0.3) is 12.2 Å². The van der Waals surface area contributed by atoms with Gasteiger partial charge in [0.25, 0.3) is 0 Å². The zero-order valence-electron chi connectivity index (χ0n) is 20.5. The molecule has 0 atom stereocenters. The van der Waals surface area contributed by atoms with Gasteiger partial charge >= 0.3 is 0 Å². The van der Waals surface area contributed by atoms with Gasteiger partial charge in [0, 0.05) is 24.7 Å². The van der Waals surface area contributed by atoms with Crippen molar-refractivity contribution in [3.8, 4) is 0 Å². The third kappa shape index (κ3) is 5.55. The normalized spacial score (nSPS) is 15.5. The number of carbonyl (C=O) groups excluding carboxylic acids is 1. The Morgan fingerprint density at radius 2 is 1.66 bits per heavy atom. The van der Waals surface area contributed by atoms with Crippen molar-refractivity contribution in [3.63, 3.8) is 0 Å². The number of rotatable bonds is 6. The molecule has 3 aromatic rings. The standard InChI is InChI=1S/C27H31N3O4S/c1-18-6-9-22(10-7-18)11-12-25-26(21(4)29-34-25)35(32,33)30-15-13-23(14-16-30)27(31)28-24-17-19(2)5-8-20(24)3/h5-12,17,23H,13-16H2,1-4H3,(H,28,31). The Bertz CT molecular complexity index is 1350. The van der Waals surface area contributed by atoms with E-state index in [4.69, 9.17) is 4.52 Å². The molecular formula is C27H31N3O4S. The highest BCUT2D eigenvalue weighted by molar-refractivity contribution is 7.89. The van der Waals surface area contributed by atoms with Gasteiger partial charge < -0.3 is 9.84 Å². The third-order valence-corrected chi connectivity index (χ3v) is 8.47. The minimum Gasteiger partial charge on any atom is -0.355 e. The van der Waals surface area contributed by atoms with Crippen LogP contribution in [0, 0.1) is 33.6 Å². The van der Waals surface area contributed by atoms with Gasteiger partial charge in [-0.2, -0.15) is 4.31 Å². The molecule has 1 amide bonds. The first-order valence-corrected chi connectivity index (χ1v) is 13.2. The summed E-state index contributed by atoms with van der Waals surface area (Å²) in [6, 6.07) is 13.8. The van der Waals surface area contributed by atoms with Gasteiger partial charge in [0.15, 0.2) is 10.7 Å². The molecule has 8 heteroatoms. The first-order valence-electron chi connectivity index (χ1n) is 11.7. The molecule has 1 fully saturated rings. The van der Waals surface area contributed by atoms with Crippen LogP contribution in [0.3, 0.4) is 0 Å². The first kappa shape index (κ1) is 24.9. The highest BCUT2D eigenvalue weighted by Gasteiger charge is 2.36. The molecule has 0 unspecified atom stereocenters. The molecule has 35 heavy (non-hydrogen) atoms. The van der Waals surface area contributed by atoms with Crippen LogP contribution < -0.4 is 5.32 Å². The molecule has 0 bridgehead atoms. The van der Waals surface area contributed by atoms with Crippen LogP contribution in [0.2, 0.25) is 0 Å². The highest BCUT2D eigenvalue weighted by atomic mass is 32.2. The summed E-state index contributed by atoms with van der Waals surface area (Å²) in [7, 11) is -3.82. The Balaban J connectivity index is 1.45. The van der Waals surface area contributed by atoms with Crippen LogP contribution in [-0.4, -0.2) is 36.9 Å². The van der Waals surface area contributed by atoms with E-state index in [1.165, 1.54) is 4.31 Å². The van der Waals surface area contributed by atoms with E-state index in [1.54, 1.807) is 13.0 Å². The van der Waals surface area contributed by atoms with E-state index in [-0.39, 0.29) is 35.6 Å². The third-order valence-electron chi connectivity index (χ3n) is 6.41. The average molecular weight is 494 g/mol. The van der Waals surface area contributed by atoms with Crippen LogP contribution in [-0.2, 0) is 14.8 Å². The lowest BCUT2D eigenvalue weighted by Crippen LogP contribution is -2.41. The number of amides is 1. The van der Waals surface area contributed by atoms with Crippen LogP contribution in [0.4, 0.5) is 5.69 Å². The predicted octanol–water partition coefficient (Wildman–Crippen LogP) is 5.12. The van der Waals surface area contributed by atoms with Crippen molar-refractivity contribution in [2.75, 3.05) is 18.4 Å². The molecule has 1 aliphatic heterocycles. The molecule has 0 spiro atoms. The number of anilines is 1. The number of piperidine rings is 1. The van der Waals surface area contributed by atoms with Crippen molar-refractivity contribution in [2.45, 2.75) is 45.4 Å². The van der Waals surface area contributed by atoms with Crippen LogP contribution in [0.5, 0.6) is 0 Å². The van der Waals surface area contributed by atoms with E-state index in [0.29, 0.717) is 18.5 Å². The number of hydrogen-bond acceptors (Lipinski definition) is 5. The molecule has 1 N–H and O–H groups in total. The zero-order valence-corrected chi connectivity index (χ0v) is 21.4. The zero-order chi connectivity index (χ0) is 25.2. The Morgan fingerprint density at radius 3 is 2.34 bits per heavy atom. The second kappa shape index (κ2) is 10.2. The molecule has 184 valence electrons. The van der Waals surface area contributed by atoms with Gasteiger partial charge in [-0.1, -0.05) is 53.2 Å². The fraction of sp³-hybridized carbons (Fsp3) is 0.333. The van der Waals surface area contributed by atoms with E-state index in [1.807, 2.05) is 69.3 Å². The van der Waals surface area contributed by atoms with Crippen molar-refractivity contribution in [2.24, 2.45) is 5.92 Å². The van der Waals surface area contributed by atoms with Crippen LogP contribution >= 0.6 is 0 Å². The molecule has 2 aromatic carbocycles. The molecule has 1 saturated heterocycles. The van der Waals surface area contributed by atoms with Crippen LogP contribution in [0.15, 0.2) is 51.9 Å². The largest absolute Gasteiger partial charge is 0.355 e. The summed E-state index contributed by atoms with van der Waals surface area (Å²) in [6.45, 7) is 8.10. The molecule has 4 rings (SSSR count). The maximum absolute atomic E-state index is 13.5. The molecule has 0 radical (unpaired) electrons. The van der Waals surface area contributed by atoms with Gasteiger partial charge in [0.1, 0.15) is 5.69 Å². The molecule has 7 nitrogen and oxygen atoms in total. The number of nitrogens with zero attached hydrogens (tertiary/aromatic N) is 2. The number of aryl methyl sites for hydroxylation is 4. The lowest BCUT2D eigenvalue weighted by atomic mass is 9.97. The Labute approximate surface area is 206 Å². The smallest absolute Gasteiger partial charge is 0.248 e. The summed E-state index contributed by atoms with van der Waals surface area (Å²) >= 11 is 0. The van der Waals surface area contributed by atoms with Crippen molar-refractivity contribution >= 4 is 33.8 Å². The lowest BCUT2D eigenvalue weighted by molar-refractivity contribution is -0.120. The Morgan fingerprint density at radius 1 is 1.00 bits per heavy atom. The highest BCUT2D eigenvalue weighted by Crippen LogP contribution is 2.30. The predicted molar refractivity (Wildman–Crippen MR) is 137 cm³/mol. The quantitative estimate of drug-likeness (QED) is 0.515. The minimum absolute atomic E-state index is 0.0707. The van der Waals surface area contributed by atoms with Gasteiger partial charge in [0.05, 0.1) is 0 Å². The molecule has 1 aliphatic rings. The van der Waals surface area contributed by atoms with E-state index >= 15 is 0 Å². The SMILES string of the molecule is Cc1ccc(C=Cc2onc(C)c2S(=O)(=O)N2CCC(C(=O)Nc3cc(C)ccc3C)CC2)cc1. The van der Waals surface area contributed by atoms with Gasteiger partial charge in [-0.15, -0.1) is 0 Å². The number of benzene rings is 2. The monoisotopic (exact) mass is 493 g/mol. The number of sulfonamides is 1. The molecule has 2 heterocycles. The summed E-state index contributed by atoms with van der Waals surface area (Å²) in [4.78, 5) is 12.9. The van der Waals surface area contributed by atoms with E-state index < -0.39 is 10.0 Å². The minimum atomic E-state index is -3.82. The summed E-state index contributed by atoms with van der Waals surface area (Å²) < 4.78 is 33.8. The number of nitrogens with one attached hydrogen (secondary N) is 1. The summed E-state index contributed by atoms with van der Waals surface area (Å²) in [5.74, 6) is -0.109. The van der Waals surface area contributed by atoms with E-state index in [2.05, 4.69) is 10.5 Å². The molecule has 0 saturated carbocycles. The van der Waals surface area contributed by atoms with Gasteiger partial charge in [-0.05, 0) is 69.4 Å². The van der Waals surface area contributed by atoms with Crippen molar-refractivity contribution in [1.29, 1.82) is 0 Å². The molecular weight excluding hydrogens is 462 g/mol. The van der Waals surface area contributed by atoms with E-state index in [0.717, 1.165) is 27.9 Å². The van der Waals surface area contributed by atoms with Crippen molar-refractivity contribution in [3.05, 3.63) is 76.2 Å². The maximum atomic E-state index is 13.5. The lowest BCUT2D eigenvalue weighted by Gasteiger charge is -2.30. The second-order valence-electron chi connectivity index (χ2n) is 9.19. The van der Waals surface area contributed by atoms with Crippen molar-refractivity contribution < 1.29 is 17.7 Å². The van der Waals surface area contributed by atoms with Gasteiger partial charge in [-0.3, -0.25) is 4.79 Å². The topological polar surface area (TPSA) is 92.5 Å². The summed E-state index contributed by atoms with van der Waals surface area (Å²) in [6.07, 6.45) is 4.35. The maximum Gasteiger partial charge on any atom is 0.248 e.